The van der Waals surface area contributed by atoms with Gasteiger partial charge in [0.15, 0.2) is 0 Å². The van der Waals surface area contributed by atoms with E-state index in [2.05, 4.69) is 21.3 Å². The van der Waals surface area contributed by atoms with Crippen LogP contribution in [0.1, 0.15) is 19.8 Å². The average molecular weight is 304 g/mol. The van der Waals surface area contributed by atoms with Crippen LogP contribution in [0, 0.1) is 5.92 Å². The van der Waals surface area contributed by atoms with Crippen molar-refractivity contribution in [3.63, 3.8) is 0 Å². The smallest absolute Gasteiger partial charge is 0.319 e. The van der Waals surface area contributed by atoms with E-state index in [1.165, 1.54) is 0 Å². The molecule has 1 aliphatic heterocycles. The Morgan fingerprint density at radius 2 is 2.09 bits per heavy atom. The topological polar surface area (TPSA) is 82.3 Å². The van der Waals surface area contributed by atoms with Crippen molar-refractivity contribution in [2.45, 2.75) is 25.8 Å². The molecule has 1 aliphatic rings. The molecule has 1 heterocycles. The van der Waals surface area contributed by atoms with Crippen LogP contribution < -0.4 is 21.3 Å². The Morgan fingerprint density at radius 1 is 1.32 bits per heavy atom. The number of amides is 3. The van der Waals surface area contributed by atoms with Gasteiger partial charge in [0.25, 0.3) is 0 Å². The first-order chi connectivity index (χ1) is 10.6. The fourth-order valence-corrected chi connectivity index (χ4v) is 2.45. The van der Waals surface area contributed by atoms with Crippen molar-refractivity contribution in [2.24, 2.45) is 5.92 Å². The van der Waals surface area contributed by atoms with Gasteiger partial charge in [0.05, 0.1) is 0 Å². The number of piperidine rings is 1. The Balaban J connectivity index is 1.70. The Labute approximate surface area is 131 Å². The maximum Gasteiger partial charge on any atom is 0.319 e. The fraction of sp³-hybridized carbons (Fsp3) is 0.500. The third kappa shape index (κ3) is 5.37. The molecule has 2 rings (SSSR count). The third-order valence-electron chi connectivity index (χ3n) is 3.74. The molecular weight excluding hydrogens is 280 g/mol. The van der Waals surface area contributed by atoms with Gasteiger partial charge in [-0.1, -0.05) is 18.2 Å². The van der Waals surface area contributed by atoms with Gasteiger partial charge in [-0.3, -0.25) is 4.79 Å². The SMILES string of the molecule is CC(NC(=O)Nc1ccccc1)C(=O)NCC1CCCNC1. The van der Waals surface area contributed by atoms with E-state index in [-0.39, 0.29) is 11.9 Å². The summed E-state index contributed by atoms with van der Waals surface area (Å²) in [4.78, 5) is 23.8. The van der Waals surface area contributed by atoms with Gasteiger partial charge in [0.2, 0.25) is 5.91 Å². The van der Waals surface area contributed by atoms with Crippen LogP contribution in [0.15, 0.2) is 30.3 Å². The maximum absolute atomic E-state index is 12.0. The van der Waals surface area contributed by atoms with Crippen LogP contribution in [-0.4, -0.2) is 37.6 Å². The highest BCUT2D eigenvalue weighted by atomic mass is 16.2. The van der Waals surface area contributed by atoms with E-state index in [1.54, 1.807) is 19.1 Å². The average Bonchev–Trinajstić information content (AvgIpc) is 2.54. The van der Waals surface area contributed by atoms with E-state index < -0.39 is 6.04 Å². The molecule has 6 heteroatoms. The Bertz CT molecular complexity index is 486. The van der Waals surface area contributed by atoms with E-state index >= 15 is 0 Å². The molecule has 0 saturated carbocycles. The number of urea groups is 1. The van der Waals surface area contributed by atoms with E-state index in [1.807, 2.05) is 18.2 Å². The molecular formula is C16H24N4O2. The third-order valence-corrected chi connectivity index (χ3v) is 3.74. The van der Waals surface area contributed by atoms with Crippen molar-refractivity contribution >= 4 is 17.6 Å². The summed E-state index contributed by atoms with van der Waals surface area (Å²) in [5.74, 6) is 0.317. The number of hydrogen-bond acceptors (Lipinski definition) is 3. The van der Waals surface area contributed by atoms with Crippen molar-refractivity contribution in [1.29, 1.82) is 0 Å². The van der Waals surface area contributed by atoms with Crippen LogP contribution in [0.4, 0.5) is 10.5 Å². The molecule has 2 unspecified atom stereocenters. The highest BCUT2D eigenvalue weighted by Crippen LogP contribution is 2.08. The molecule has 6 nitrogen and oxygen atoms in total. The first-order valence-corrected chi connectivity index (χ1v) is 7.76. The van der Waals surface area contributed by atoms with E-state index in [0.29, 0.717) is 18.2 Å². The second-order valence-electron chi connectivity index (χ2n) is 5.64. The summed E-state index contributed by atoms with van der Waals surface area (Å²) >= 11 is 0. The normalized spacial score (nSPS) is 19.0. The van der Waals surface area contributed by atoms with Gasteiger partial charge < -0.3 is 21.3 Å². The Hall–Kier alpha value is -2.08. The lowest BCUT2D eigenvalue weighted by atomic mass is 10.00. The number of rotatable bonds is 5. The van der Waals surface area contributed by atoms with Gasteiger partial charge in [0.1, 0.15) is 6.04 Å². The zero-order valence-electron chi connectivity index (χ0n) is 12.9. The quantitative estimate of drug-likeness (QED) is 0.662. The van der Waals surface area contributed by atoms with Crippen molar-refractivity contribution in [3.8, 4) is 0 Å². The van der Waals surface area contributed by atoms with Gasteiger partial charge in [0, 0.05) is 12.2 Å². The molecule has 1 aromatic carbocycles. The predicted molar refractivity (Wildman–Crippen MR) is 86.7 cm³/mol. The predicted octanol–water partition coefficient (Wildman–Crippen LogP) is 1.31. The first-order valence-electron chi connectivity index (χ1n) is 7.76. The van der Waals surface area contributed by atoms with Gasteiger partial charge in [-0.15, -0.1) is 0 Å². The number of carbonyl (C=O) groups excluding carboxylic acids is 2. The second-order valence-corrected chi connectivity index (χ2v) is 5.64. The summed E-state index contributed by atoms with van der Waals surface area (Å²) in [5.41, 5.74) is 0.695. The lowest BCUT2D eigenvalue weighted by Crippen LogP contribution is -2.48. The molecule has 1 saturated heterocycles. The number of hydrogen-bond donors (Lipinski definition) is 4. The maximum atomic E-state index is 12.0. The van der Waals surface area contributed by atoms with Crippen LogP contribution in [0.25, 0.3) is 0 Å². The number of benzene rings is 1. The molecule has 0 aliphatic carbocycles. The van der Waals surface area contributed by atoms with Crippen molar-refractivity contribution in [3.05, 3.63) is 30.3 Å². The molecule has 0 spiro atoms. The fourth-order valence-electron chi connectivity index (χ4n) is 2.45. The van der Waals surface area contributed by atoms with Crippen LogP contribution >= 0.6 is 0 Å². The second kappa shape index (κ2) is 8.38. The summed E-state index contributed by atoms with van der Waals surface area (Å²) in [6.45, 7) is 4.33. The number of para-hydroxylation sites is 1. The number of anilines is 1. The largest absolute Gasteiger partial charge is 0.354 e. The van der Waals surface area contributed by atoms with Crippen LogP contribution in [0.5, 0.6) is 0 Å². The van der Waals surface area contributed by atoms with Crippen molar-refractivity contribution in [1.82, 2.24) is 16.0 Å². The van der Waals surface area contributed by atoms with E-state index in [4.69, 9.17) is 0 Å². The summed E-state index contributed by atoms with van der Waals surface area (Å²) in [5, 5.41) is 11.5. The molecule has 2 atom stereocenters. The molecule has 120 valence electrons. The molecule has 0 aromatic heterocycles. The molecule has 3 amide bonds. The minimum Gasteiger partial charge on any atom is -0.354 e. The highest BCUT2D eigenvalue weighted by molar-refractivity contribution is 5.93. The van der Waals surface area contributed by atoms with Crippen LogP contribution in [0.2, 0.25) is 0 Å². The Morgan fingerprint density at radius 3 is 2.77 bits per heavy atom. The van der Waals surface area contributed by atoms with E-state index in [9.17, 15) is 9.59 Å². The molecule has 4 N–H and O–H groups in total. The highest BCUT2D eigenvalue weighted by Gasteiger charge is 2.18. The molecule has 22 heavy (non-hydrogen) atoms. The minimum atomic E-state index is -0.569. The molecule has 1 aromatic rings. The standard InChI is InChI=1S/C16H24N4O2/c1-12(15(21)18-11-13-6-5-9-17-10-13)19-16(22)20-14-7-3-2-4-8-14/h2-4,7-8,12-13,17H,5-6,9-11H2,1H3,(H,18,21)(H2,19,20,22). The zero-order valence-corrected chi connectivity index (χ0v) is 12.9. The number of nitrogens with one attached hydrogen (secondary N) is 4. The molecule has 0 bridgehead atoms. The zero-order chi connectivity index (χ0) is 15.8. The Kier molecular flexibility index (Phi) is 6.21. The first kappa shape index (κ1) is 16.3. The van der Waals surface area contributed by atoms with Gasteiger partial charge in [-0.25, -0.2) is 4.79 Å². The monoisotopic (exact) mass is 304 g/mol. The summed E-state index contributed by atoms with van der Waals surface area (Å²) < 4.78 is 0. The van der Waals surface area contributed by atoms with Gasteiger partial charge in [-0.05, 0) is 50.9 Å². The molecule has 0 radical (unpaired) electrons. The molecule has 1 fully saturated rings. The minimum absolute atomic E-state index is 0.159. The van der Waals surface area contributed by atoms with Crippen molar-refractivity contribution < 1.29 is 9.59 Å². The van der Waals surface area contributed by atoms with Gasteiger partial charge >= 0.3 is 6.03 Å². The lowest BCUT2D eigenvalue weighted by molar-refractivity contribution is -0.122. The van der Waals surface area contributed by atoms with E-state index in [0.717, 1.165) is 25.9 Å². The van der Waals surface area contributed by atoms with Crippen molar-refractivity contribution in [2.75, 3.05) is 25.0 Å². The lowest BCUT2D eigenvalue weighted by Gasteiger charge is -2.23. The number of carbonyl (C=O) groups is 2. The summed E-state index contributed by atoms with van der Waals surface area (Å²) in [6.07, 6.45) is 2.28. The van der Waals surface area contributed by atoms with Gasteiger partial charge in [-0.2, -0.15) is 0 Å². The van der Waals surface area contributed by atoms with Crippen LogP contribution in [-0.2, 0) is 4.79 Å². The summed E-state index contributed by atoms with van der Waals surface area (Å²) in [7, 11) is 0. The van der Waals surface area contributed by atoms with Crippen LogP contribution in [0.3, 0.4) is 0 Å². The summed E-state index contributed by atoms with van der Waals surface area (Å²) in [6, 6.07) is 8.18.